The van der Waals surface area contributed by atoms with E-state index in [1.165, 1.54) is 48.8 Å². The van der Waals surface area contributed by atoms with E-state index in [0.717, 1.165) is 12.1 Å². The van der Waals surface area contributed by atoms with Gasteiger partial charge in [-0.05, 0) is 42.5 Å². The summed E-state index contributed by atoms with van der Waals surface area (Å²) in [6.07, 6.45) is 2.73. The smallest absolute Gasteiger partial charge is 0.257 e. The Bertz CT molecular complexity index is 893. The summed E-state index contributed by atoms with van der Waals surface area (Å²) in [6, 6.07) is 10.4. The number of nitrogens with zero attached hydrogens (tertiary/aromatic N) is 1. The molecule has 0 spiro atoms. The molecule has 0 fully saturated rings. The van der Waals surface area contributed by atoms with E-state index >= 15 is 0 Å². The fourth-order valence-corrected chi connectivity index (χ4v) is 2.14. The number of amides is 1. The summed E-state index contributed by atoms with van der Waals surface area (Å²) < 4.78 is 40.1. The maximum absolute atomic E-state index is 13.6. The van der Waals surface area contributed by atoms with E-state index in [1.807, 2.05) is 0 Å². The van der Waals surface area contributed by atoms with Gasteiger partial charge in [0.05, 0.1) is 17.4 Å². The Morgan fingerprint density at radius 3 is 2.24 bits per heavy atom. The van der Waals surface area contributed by atoms with Crippen molar-refractivity contribution in [2.75, 3.05) is 10.6 Å². The monoisotopic (exact) mass is 343 g/mol. The normalized spacial score (nSPS) is 10.4. The molecule has 0 unspecified atom stereocenters. The topological polar surface area (TPSA) is 54.0 Å². The van der Waals surface area contributed by atoms with Crippen LogP contribution in [-0.2, 0) is 0 Å². The van der Waals surface area contributed by atoms with Crippen LogP contribution in [0.1, 0.15) is 10.4 Å². The number of hydrogen-bond donors (Lipinski definition) is 2. The van der Waals surface area contributed by atoms with E-state index in [1.54, 1.807) is 0 Å². The van der Waals surface area contributed by atoms with Crippen LogP contribution in [-0.4, -0.2) is 10.9 Å². The highest BCUT2D eigenvalue weighted by molar-refractivity contribution is 6.04. The number of benzene rings is 2. The molecule has 3 aromatic rings. The maximum Gasteiger partial charge on any atom is 0.257 e. The molecule has 0 saturated heterocycles. The van der Waals surface area contributed by atoms with E-state index in [9.17, 15) is 18.0 Å². The minimum absolute atomic E-state index is 0.106. The van der Waals surface area contributed by atoms with E-state index < -0.39 is 23.2 Å². The van der Waals surface area contributed by atoms with E-state index in [0.29, 0.717) is 11.4 Å². The van der Waals surface area contributed by atoms with Gasteiger partial charge < -0.3 is 10.6 Å². The second-order valence-electron chi connectivity index (χ2n) is 5.14. The van der Waals surface area contributed by atoms with Crippen LogP contribution in [0.4, 0.5) is 30.2 Å². The molecule has 126 valence electrons. The van der Waals surface area contributed by atoms with Crippen molar-refractivity contribution in [3.63, 3.8) is 0 Å². The number of halogens is 3. The lowest BCUT2D eigenvalue weighted by Gasteiger charge is -2.09. The molecule has 0 aliphatic carbocycles. The summed E-state index contributed by atoms with van der Waals surface area (Å²) in [5, 5.41) is 5.14. The first kappa shape index (κ1) is 16.5. The fraction of sp³-hybridized carbons (Fsp3) is 0. The molecule has 4 nitrogen and oxygen atoms in total. The molecule has 7 heteroatoms. The molecule has 0 radical (unpaired) electrons. The first-order valence-corrected chi connectivity index (χ1v) is 7.26. The van der Waals surface area contributed by atoms with Crippen molar-refractivity contribution in [2.45, 2.75) is 0 Å². The Labute approximate surface area is 141 Å². The second kappa shape index (κ2) is 7.04. The summed E-state index contributed by atoms with van der Waals surface area (Å²) in [4.78, 5) is 16.1. The van der Waals surface area contributed by atoms with Crippen molar-refractivity contribution in [3.05, 3.63) is 83.9 Å². The van der Waals surface area contributed by atoms with Gasteiger partial charge in [-0.15, -0.1) is 0 Å². The number of para-hydroxylation sites is 1. The lowest BCUT2D eigenvalue weighted by Crippen LogP contribution is -2.14. The average molecular weight is 343 g/mol. The van der Waals surface area contributed by atoms with Crippen LogP contribution in [0.2, 0.25) is 0 Å². The quantitative estimate of drug-likeness (QED) is 0.734. The molecule has 0 atom stereocenters. The molecule has 1 aromatic heterocycles. The third-order valence-electron chi connectivity index (χ3n) is 3.33. The fourth-order valence-electron chi connectivity index (χ4n) is 2.14. The van der Waals surface area contributed by atoms with E-state index in [4.69, 9.17) is 0 Å². The van der Waals surface area contributed by atoms with Crippen LogP contribution >= 0.6 is 0 Å². The zero-order chi connectivity index (χ0) is 17.8. The van der Waals surface area contributed by atoms with Gasteiger partial charge in [-0.25, -0.2) is 13.2 Å². The first-order chi connectivity index (χ1) is 12.0. The van der Waals surface area contributed by atoms with Crippen molar-refractivity contribution in [2.24, 2.45) is 0 Å². The van der Waals surface area contributed by atoms with Crippen molar-refractivity contribution >= 4 is 23.0 Å². The number of carbonyl (C=O) groups is 1. The van der Waals surface area contributed by atoms with Crippen molar-refractivity contribution < 1.29 is 18.0 Å². The predicted molar refractivity (Wildman–Crippen MR) is 88.2 cm³/mol. The van der Waals surface area contributed by atoms with Gasteiger partial charge in [-0.1, -0.05) is 6.07 Å². The molecule has 3 rings (SSSR count). The molecule has 0 aliphatic rings. The van der Waals surface area contributed by atoms with Crippen LogP contribution in [0.5, 0.6) is 0 Å². The van der Waals surface area contributed by atoms with Crippen LogP contribution < -0.4 is 10.6 Å². The zero-order valence-electron chi connectivity index (χ0n) is 12.8. The van der Waals surface area contributed by atoms with Crippen LogP contribution in [0, 0.1) is 17.5 Å². The highest BCUT2D eigenvalue weighted by Crippen LogP contribution is 2.21. The summed E-state index contributed by atoms with van der Waals surface area (Å²) in [5.74, 6) is -2.83. The minimum Gasteiger partial charge on any atom is -0.354 e. The van der Waals surface area contributed by atoms with Gasteiger partial charge in [-0.3, -0.25) is 9.78 Å². The largest absolute Gasteiger partial charge is 0.354 e. The third kappa shape index (κ3) is 3.95. The maximum atomic E-state index is 13.6. The van der Waals surface area contributed by atoms with Crippen LogP contribution in [0.15, 0.2) is 60.9 Å². The lowest BCUT2D eigenvalue weighted by molar-refractivity contribution is 0.102. The van der Waals surface area contributed by atoms with Crippen LogP contribution in [0.25, 0.3) is 0 Å². The van der Waals surface area contributed by atoms with Crippen LogP contribution in [0.3, 0.4) is 0 Å². The SMILES string of the molecule is O=C(Nc1c(F)cccc1F)c1cncc(Nc2ccc(F)cc2)c1. The number of rotatable bonds is 4. The summed E-state index contributed by atoms with van der Waals surface area (Å²) in [5.41, 5.74) is 0.647. The lowest BCUT2D eigenvalue weighted by atomic mass is 10.2. The molecular formula is C18H12F3N3O. The second-order valence-corrected chi connectivity index (χ2v) is 5.14. The molecule has 1 amide bonds. The molecular weight excluding hydrogens is 331 g/mol. The molecule has 2 aromatic carbocycles. The predicted octanol–water partition coefficient (Wildman–Crippen LogP) is 4.49. The standard InChI is InChI=1S/C18H12F3N3O/c19-12-4-6-13(7-5-12)23-14-8-11(9-22-10-14)18(25)24-17-15(20)2-1-3-16(17)21/h1-10,23H,(H,24,25). The van der Waals surface area contributed by atoms with Gasteiger partial charge in [0, 0.05) is 11.9 Å². The number of carbonyl (C=O) groups excluding carboxylic acids is 1. The van der Waals surface area contributed by atoms with Crippen molar-refractivity contribution in [1.29, 1.82) is 0 Å². The summed E-state index contributed by atoms with van der Waals surface area (Å²) in [7, 11) is 0. The first-order valence-electron chi connectivity index (χ1n) is 7.26. The molecule has 0 saturated carbocycles. The number of pyridine rings is 1. The average Bonchev–Trinajstić information content (AvgIpc) is 2.60. The Morgan fingerprint density at radius 1 is 0.880 bits per heavy atom. The minimum atomic E-state index is -0.873. The highest BCUT2D eigenvalue weighted by atomic mass is 19.1. The molecule has 2 N–H and O–H groups in total. The van der Waals surface area contributed by atoms with E-state index in [2.05, 4.69) is 15.6 Å². The van der Waals surface area contributed by atoms with Gasteiger partial charge in [0.15, 0.2) is 0 Å². The van der Waals surface area contributed by atoms with Gasteiger partial charge in [-0.2, -0.15) is 0 Å². The molecule has 0 aliphatic heterocycles. The zero-order valence-corrected chi connectivity index (χ0v) is 12.8. The molecule has 1 heterocycles. The Kier molecular flexibility index (Phi) is 4.65. The van der Waals surface area contributed by atoms with Crippen molar-refractivity contribution in [1.82, 2.24) is 4.98 Å². The van der Waals surface area contributed by atoms with Gasteiger partial charge in [0.25, 0.3) is 5.91 Å². The highest BCUT2D eigenvalue weighted by Gasteiger charge is 2.14. The Hall–Kier alpha value is -3.35. The number of aromatic nitrogens is 1. The van der Waals surface area contributed by atoms with Gasteiger partial charge in [0.1, 0.15) is 23.1 Å². The molecule has 25 heavy (non-hydrogen) atoms. The summed E-state index contributed by atoms with van der Waals surface area (Å²) >= 11 is 0. The van der Waals surface area contributed by atoms with Crippen molar-refractivity contribution in [3.8, 4) is 0 Å². The van der Waals surface area contributed by atoms with E-state index in [-0.39, 0.29) is 11.4 Å². The number of anilines is 3. The van der Waals surface area contributed by atoms with Gasteiger partial charge in [0.2, 0.25) is 0 Å². The third-order valence-corrected chi connectivity index (χ3v) is 3.33. The number of nitrogens with one attached hydrogen (secondary N) is 2. The Balaban J connectivity index is 1.78. The number of hydrogen-bond acceptors (Lipinski definition) is 3. The Morgan fingerprint density at radius 2 is 1.56 bits per heavy atom. The van der Waals surface area contributed by atoms with Gasteiger partial charge >= 0.3 is 0 Å². The molecule has 0 bridgehead atoms. The summed E-state index contributed by atoms with van der Waals surface area (Å²) in [6.45, 7) is 0.